The van der Waals surface area contributed by atoms with Crippen LogP contribution in [-0.2, 0) is 21.9 Å². The van der Waals surface area contributed by atoms with Gasteiger partial charge in [-0.25, -0.2) is 0 Å². The predicted molar refractivity (Wildman–Crippen MR) is 131 cm³/mol. The number of nitrogens with one attached hydrogen (secondary N) is 1. The van der Waals surface area contributed by atoms with Gasteiger partial charge in [-0.15, -0.1) is 11.8 Å². The molecule has 0 bridgehead atoms. The first-order chi connectivity index (χ1) is 14.8. The highest BCUT2D eigenvalue weighted by molar-refractivity contribution is 7.99. The van der Waals surface area contributed by atoms with Gasteiger partial charge in [0.15, 0.2) is 0 Å². The minimum Gasteiger partial charge on any atom is -0.354 e. The first kappa shape index (κ1) is 25.0. The number of nitrogens with zero attached hydrogens (tertiary/aromatic N) is 1. The van der Waals surface area contributed by atoms with E-state index in [2.05, 4.69) is 51.2 Å². The summed E-state index contributed by atoms with van der Waals surface area (Å²) < 4.78 is 0. The molecule has 0 radical (unpaired) electrons. The van der Waals surface area contributed by atoms with Crippen LogP contribution in [-0.4, -0.2) is 35.1 Å². The smallest absolute Gasteiger partial charge is 0.242 e. The number of carbonyl (C=O) groups is 2. The van der Waals surface area contributed by atoms with Crippen molar-refractivity contribution in [3.05, 3.63) is 70.8 Å². The molecular formula is C26H36N2O2S. The molecule has 0 saturated carbocycles. The molecule has 2 aromatic carbocycles. The maximum absolute atomic E-state index is 13.2. The summed E-state index contributed by atoms with van der Waals surface area (Å²) in [6.45, 7) is 11.3. The first-order valence-corrected chi connectivity index (χ1v) is 12.2. The molecule has 0 aliphatic carbocycles. The van der Waals surface area contributed by atoms with E-state index in [1.807, 2.05) is 37.3 Å². The Balaban J connectivity index is 2.10. The lowest BCUT2D eigenvalue weighted by atomic mass is 10.1. The van der Waals surface area contributed by atoms with Crippen molar-refractivity contribution in [1.29, 1.82) is 0 Å². The van der Waals surface area contributed by atoms with Crippen molar-refractivity contribution < 1.29 is 9.59 Å². The summed E-state index contributed by atoms with van der Waals surface area (Å²) in [5.41, 5.74) is 4.73. The Hall–Kier alpha value is -2.27. The normalized spacial score (nSPS) is 11.9. The van der Waals surface area contributed by atoms with Crippen LogP contribution in [0.3, 0.4) is 0 Å². The molecule has 1 atom stereocenters. The number of rotatable bonds is 11. The minimum absolute atomic E-state index is 0.00442. The molecule has 168 valence electrons. The third-order valence-electron chi connectivity index (χ3n) is 5.04. The van der Waals surface area contributed by atoms with Crippen LogP contribution in [0.1, 0.15) is 49.4 Å². The van der Waals surface area contributed by atoms with E-state index in [4.69, 9.17) is 0 Å². The van der Waals surface area contributed by atoms with E-state index in [9.17, 15) is 9.59 Å². The Bertz CT molecular complexity index is 831. The molecule has 0 aromatic heterocycles. The van der Waals surface area contributed by atoms with E-state index >= 15 is 0 Å². The van der Waals surface area contributed by atoms with Gasteiger partial charge in [-0.1, -0.05) is 80.4 Å². The van der Waals surface area contributed by atoms with Gasteiger partial charge in [0.25, 0.3) is 0 Å². The van der Waals surface area contributed by atoms with E-state index in [1.165, 1.54) is 16.7 Å². The molecule has 2 rings (SSSR count). The van der Waals surface area contributed by atoms with E-state index in [-0.39, 0.29) is 11.8 Å². The molecule has 4 nitrogen and oxygen atoms in total. The summed E-state index contributed by atoms with van der Waals surface area (Å²) in [5, 5.41) is 3.01. The summed E-state index contributed by atoms with van der Waals surface area (Å²) in [6.07, 6.45) is 0.588. The highest BCUT2D eigenvalue weighted by Crippen LogP contribution is 2.19. The lowest BCUT2D eigenvalue weighted by Gasteiger charge is -2.31. The number of aryl methyl sites for hydroxylation is 2. The SMILES string of the molecule is CC[C@@H](C(=O)NCC(C)C)N(Cc1ccccc1)C(=O)CSCc1cc(C)cc(C)c1. The second kappa shape index (κ2) is 12.6. The average molecular weight is 441 g/mol. The Kier molecular flexibility index (Phi) is 10.1. The fraction of sp³-hybridized carbons (Fsp3) is 0.462. The zero-order chi connectivity index (χ0) is 22.8. The van der Waals surface area contributed by atoms with Gasteiger partial charge >= 0.3 is 0 Å². The first-order valence-electron chi connectivity index (χ1n) is 11.1. The summed E-state index contributed by atoms with van der Waals surface area (Å²) in [4.78, 5) is 27.9. The lowest BCUT2D eigenvalue weighted by Crippen LogP contribution is -2.50. The van der Waals surface area contributed by atoms with Gasteiger partial charge in [-0.3, -0.25) is 9.59 Å². The molecule has 0 aliphatic rings. The zero-order valence-electron chi connectivity index (χ0n) is 19.5. The number of hydrogen-bond donors (Lipinski definition) is 1. The summed E-state index contributed by atoms with van der Waals surface area (Å²) in [6, 6.07) is 15.9. The molecule has 2 amide bonds. The molecule has 0 fully saturated rings. The summed E-state index contributed by atoms with van der Waals surface area (Å²) >= 11 is 1.61. The topological polar surface area (TPSA) is 49.4 Å². The van der Waals surface area contributed by atoms with E-state index in [0.29, 0.717) is 31.2 Å². The molecule has 0 saturated heterocycles. The number of carbonyl (C=O) groups excluding carboxylic acids is 2. The third kappa shape index (κ3) is 8.41. The van der Waals surface area contributed by atoms with Gasteiger partial charge in [0.1, 0.15) is 6.04 Å². The van der Waals surface area contributed by atoms with E-state index in [1.54, 1.807) is 16.7 Å². The van der Waals surface area contributed by atoms with Crippen LogP contribution in [0.25, 0.3) is 0 Å². The van der Waals surface area contributed by atoms with Crippen molar-refractivity contribution in [3.63, 3.8) is 0 Å². The van der Waals surface area contributed by atoms with E-state index < -0.39 is 6.04 Å². The average Bonchev–Trinajstić information content (AvgIpc) is 2.72. The molecule has 0 spiro atoms. The fourth-order valence-corrected chi connectivity index (χ4v) is 4.46. The van der Waals surface area contributed by atoms with Crippen molar-refractivity contribution >= 4 is 23.6 Å². The van der Waals surface area contributed by atoms with Crippen LogP contribution in [0.2, 0.25) is 0 Å². The van der Waals surface area contributed by atoms with Gasteiger partial charge in [0.2, 0.25) is 11.8 Å². The number of benzene rings is 2. The highest BCUT2D eigenvalue weighted by Gasteiger charge is 2.28. The molecular weight excluding hydrogens is 404 g/mol. The van der Waals surface area contributed by atoms with Crippen LogP contribution in [0, 0.1) is 19.8 Å². The summed E-state index contributed by atoms with van der Waals surface area (Å²) in [5.74, 6) is 1.44. The molecule has 2 aromatic rings. The van der Waals surface area contributed by atoms with Gasteiger partial charge in [0.05, 0.1) is 5.75 Å². The van der Waals surface area contributed by atoms with Crippen LogP contribution in [0.4, 0.5) is 0 Å². The fourth-order valence-electron chi connectivity index (χ4n) is 3.61. The van der Waals surface area contributed by atoms with Crippen molar-refractivity contribution in [2.24, 2.45) is 5.92 Å². The van der Waals surface area contributed by atoms with Gasteiger partial charge in [0, 0.05) is 18.8 Å². The Morgan fingerprint density at radius 1 is 1.00 bits per heavy atom. The van der Waals surface area contributed by atoms with Crippen molar-refractivity contribution in [2.45, 2.75) is 59.4 Å². The quantitative estimate of drug-likeness (QED) is 0.528. The number of amides is 2. The Morgan fingerprint density at radius 2 is 1.65 bits per heavy atom. The van der Waals surface area contributed by atoms with Gasteiger partial charge in [-0.05, 0) is 37.3 Å². The van der Waals surface area contributed by atoms with Crippen LogP contribution in [0.5, 0.6) is 0 Å². The molecule has 31 heavy (non-hydrogen) atoms. The molecule has 5 heteroatoms. The van der Waals surface area contributed by atoms with Gasteiger partial charge in [-0.2, -0.15) is 0 Å². The predicted octanol–water partition coefficient (Wildman–Crippen LogP) is 5.12. The molecule has 0 unspecified atom stereocenters. The molecule has 0 heterocycles. The maximum atomic E-state index is 13.2. The number of hydrogen-bond acceptors (Lipinski definition) is 3. The van der Waals surface area contributed by atoms with Crippen molar-refractivity contribution in [3.8, 4) is 0 Å². The summed E-state index contributed by atoms with van der Waals surface area (Å²) in [7, 11) is 0. The molecule has 1 N–H and O–H groups in total. The minimum atomic E-state index is -0.465. The second-order valence-corrected chi connectivity index (χ2v) is 9.54. The Labute approximate surface area is 191 Å². The Morgan fingerprint density at radius 3 is 2.23 bits per heavy atom. The van der Waals surface area contributed by atoms with Gasteiger partial charge < -0.3 is 10.2 Å². The lowest BCUT2D eigenvalue weighted by molar-refractivity contribution is -0.139. The third-order valence-corrected chi connectivity index (χ3v) is 6.03. The van der Waals surface area contributed by atoms with E-state index in [0.717, 1.165) is 11.3 Å². The van der Waals surface area contributed by atoms with Crippen molar-refractivity contribution in [2.75, 3.05) is 12.3 Å². The zero-order valence-corrected chi connectivity index (χ0v) is 20.3. The largest absolute Gasteiger partial charge is 0.354 e. The number of thioether (sulfide) groups is 1. The van der Waals surface area contributed by atoms with Crippen LogP contribution < -0.4 is 5.32 Å². The monoisotopic (exact) mass is 440 g/mol. The van der Waals surface area contributed by atoms with Crippen LogP contribution in [0.15, 0.2) is 48.5 Å². The molecule has 0 aliphatic heterocycles. The standard InChI is InChI=1S/C26H36N2O2S/c1-6-24(26(30)27-15-19(2)3)28(16-22-10-8-7-9-11-22)25(29)18-31-17-23-13-20(4)12-21(5)14-23/h7-14,19,24H,6,15-18H2,1-5H3,(H,27,30)/t24-/m0/s1. The second-order valence-electron chi connectivity index (χ2n) is 8.56. The van der Waals surface area contributed by atoms with Crippen molar-refractivity contribution in [1.82, 2.24) is 10.2 Å². The maximum Gasteiger partial charge on any atom is 0.242 e. The highest BCUT2D eigenvalue weighted by atomic mass is 32.2. The van der Waals surface area contributed by atoms with Crippen LogP contribution >= 0.6 is 11.8 Å².